The molecule has 5 heteroatoms. The number of hydrogen-bond acceptors (Lipinski definition) is 4. The van der Waals surface area contributed by atoms with Gasteiger partial charge in [0, 0.05) is 17.5 Å². The smallest absolute Gasteiger partial charge is 0.354 e. The number of aromatic amines is 1. The monoisotopic (exact) mass is 259 g/mol. The van der Waals surface area contributed by atoms with Gasteiger partial charge in [0.15, 0.2) is 0 Å². The van der Waals surface area contributed by atoms with Crippen LogP contribution in [0.1, 0.15) is 53.5 Å². The summed E-state index contributed by atoms with van der Waals surface area (Å²) in [6.45, 7) is 1.88. The first kappa shape index (κ1) is 12.1. The Bertz CT molecular complexity index is 627. The molecule has 3 rings (SSSR count). The van der Waals surface area contributed by atoms with Gasteiger partial charge in [-0.2, -0.15) is 0 Å². The minimum absolute atomic E-state index is 0.363. The van der Waals surface area contributed by atoms with Crippen molar-refractivity contribution in [3.05, 3.63) is 23.3 Å². The van der Waals surface area contributed by atoms with Gasteiger partial charge in [-0.3, -0.25) is 0 Å². The first-order chi connectivity index (χ1) is 9.20. The van der Waals surface area contributed by atoms with Crippen molar-refractivity contribution in [2.24, 2.45) is 0 Å². The Kier molecular flexibility index (Phi) is 2.97. The lowest BCUT2D eigenvalue weighted by molar-refractivity contribution is 0.0594. The quantitative estimate of drug-likeness (QED) is 0.842. The van der Waals surface area contributed by atoms with Crippen LogP contribution in [0.3, 0.4) is 0 Å². The van der Waals surface area contributed by atoms with Crippen LogP contribution in [0, 0.1) is 6.92 Å². The Hall–Kier alpha value is -1.91. The molecule has 0 bridgehead atoms. The predicted octanol–water partition coefficient (Wildman–Crippen LogP) is 2.71. The third-order valence-corrected chi connectivity index (χ3v) is 3.94. The fourth-order valence-electron chi connectivity index (χ4n) is 2.80. The summed E-state index contributed by atoms with van der Waals surface area (Å²) in [5.41, 5.74) is 2.05. The highest BCUT2D eigenvalue weighted by molar-refractivity contribution is 5.96. The summed E-state index contributed by atoms with van der Waals surface area (Å²) in [5.74, 6) is 0.996. The van der Waals surface area contributed by atoms with Crippen molar-refractivity contribution in [2.75, 3.05) is 7.11 Å². The van der Waals surface area contributed by atoms with Crippen LogP contribution in [0.25, 0.3) is 11.0 Å². The van der Waals surface area contributed by atoms with E-state index in [9.17, 15) is 4.79 Å². The Morgan fingerprint density at radius 1 is 1.42 bits per heavy atom. The van der Waals surface area contributed by atoms with Crippen LogP contribution in [-0.4, -0.2) is 28.0 Å². The molecule has 0 amide bonds. The topological polar surface area (TPSA) is 67.9 Å². The van der Waals surface area contributed by atoms with Gasteiger partial charge in [0.25, 0.3) is 0 Å². The first-order valence-electron chi connectivity index (χ1n) is 6.64. The molecule has 2 aromatic heterocycles. The lowest BCUT2D eigenvalue weighted by Crippen LogP contribution is -2.03. The molecule has 0 saturated heterocycles. The van der Waals surface area contributed by atoms with Crippen molar-refractivity contribution in [1.82, 2.24) is 15.0 Å². The molecule has 1 aliphatic carbocycles. The molecular weight excluding hydrogens is 242 g/mol. The maximum Gasteiger partial charge on any atom is 0.354 e. The maximum absolute atomic E-state index is 11.6. The molecule has 0 radical (unpaired) electrons. The van der Waals surface area contributed by atoms with Gasteiger partial charge in [0.05, 0.1) is 7.11 Å². The second-order valence-corrected chi connectivity index (χ2v) is 5.09. The number of H-pyrrole nitrogens is 1. The van der Waals surface area contributed by atoms with Crippen molar-refractivity contribution >= 4 is 17.0 Å². The Morgan fingerprint density at radius 3 is 2.84 bits per heavy atom. The van der Waals surface area contributed by atoms with Crippen LogP contribution in [0.4, 0.5) is 0 Å². The zero-order valence-corrected chi connectivity index (χ0v) is 11.2. The second-order valence-electron chi connectivity index (χ2n) is 5.09. The van der Waals surface area contributed by atoms with Crippen LogP contribution in [0.15, 0.2) is 6.20 Å². The average molecular weight is 259 g/mol. The highest BCUT2D eigenvalue weighted by Gasteiger charge is 2.22. The molecular formula is C14H17N3O2. The lowest BCUT2D eigenvalue weighted by atomic mass is 10.1. The van der Waals surface area contributed by atoms with E-state index in [4.69, 9.17) is 4.74 Å². The van der Waals surface area contributed by atoms with Crippen LogP contribution in [0.2, 0.25) is 0 Å². The van der Waals surface area contributed by atoms with Crippen LogP contribution in [-0.2, 0) is 4.74 Å². The zero-order chi connectivity index (χ0) is 13.4. The van der Waals surface area contributed by atoms with Crippen molar-refractivity contribution in [2.45, 2.75) is 38.5 Å². The van der Waals surface area contributed by atoms with E-state index in [1.807, 2.05) is 13.1 Å². The number of fused-ring (bicyclic) bond motifs is 1. The molecule has 1 saturated carbocycles. The normalized spacial score (nSPS) is 16.1. The number of nitrogens with zero attached hydrogens (tertiary/aromatic N) is 2. The molecule has 0 atom stereocenters. The van der Waals surface area contributed by atoms with Gasteiger partial charge in [-0.05, 0) is 25.3 Å². The van der Waals surface area contributed by atoms with E-state index in [1.54, 1.807) is 0 Å². The summed E-state index contributed by atoms with van der Waals surface area (Å²) in [7, 11) is 1.38. The largest absolute Gasteiger partial charge is 0.464 e. The van der Waals surface area contributed by atoms with E-state index in [2.05, 4.69) is 15.0 Å². The van der Waals surface area contributed by atoms with Gasteiger partial charge in [-0.1, -0.05) is 12.8 Å². The van der Waals surface area contributed by atoms with E-state index < -0.39 is 0 Å². The Morgan fingerprint density at radius 2 is 2.16 bits per heavy atom. The number of methoxy groups -OCH3 is 1. The van der Waals surface area contributed by atoms with Gasteiger partial charge in [-0.15, -0.1) is 0 Å². The van der Waals surface area contributed by atoms with Crippen molar-refractivity contribution < 1.29 is 9.53 Å². The molecule has 1 N–H and O–H groups in total. The fourth-order valence-corrected chi connectivity index (χ4v) is 2.80. The van der Waals surface area contributed by atoms with E-state index in [-0.39, 0.29) is 5.97 Å². The molecule has 0 spiro atoms. The van der Waals surface area contributed by atoms with E-state index in [0.29, 0.717) is 11.6 Å². The number of aryl methyl sites for hydroxylation is 1. The Labute approximate surface area is 111 Å². The van der Waals surface area contributed by atoms with Crippen molar-refractivity contribution in [3.63, 3.8) is 0 Å². The third-order valence-electron chi connectivity index (χ3n) is 3.94. The zero-order valence-electron chi connectivity index (χ0n) is 11.2. The highest BCUT2D eigenvalue weighted by Crippen LogP contribution is 2.32. The predicted molar refractivity (Wildman–Crippen MR) is 71.2 cm³/mol. The second kappa shape index (κ2) is 4.64. The molecule has 1 fully saturated rings. The third kappa shape index (κ3) is 1.99. The average Bonchev–Trinajstić information content (AvgIpc) is 3.06. The van der Waals surface area contributed by atoms with Crippen LogP contribution in [0.5, 0.6) is 0 Å². The highest BCUT2D eigenvalue weighted by atomic mass is 16.5. The summed E-state index contributed by atoms with van der Waals surface area (Å²) in [6, 6.07) is 0. The standard InChI is InChI=1S/C14H17N3O2/c1-8-10-7-15-12(9-5-3-4-6-9)17-13(10)16-11(8)14(18)19-2/h7,9H,3-6H2,1-2H3,(H,15,16,17). The van der Waals surface area contributed by atoms with Gasteiger partial charge >= 0.3 is 5.97 Å². The van der Waals surface area contributed by atoms with Crippen LogP contribution >= 0.6 is 0 Å². The number of carbonyl (C=O) groups is 1. The number of hydrogen-bond donors (Lipinski definition) is 1. The number of carbonyl (C=O) groups excluding carboxylic acids is 1. The van der Waals surface area contributed by atoms with Gasteiger partial charge in [0.1, 0.15) is 17.2 Å². The van der Waals surface area contributed by atoms with Gasteiger partial charge < -0.3 is 9.72 Å². The molecule has 0 unspecified atom stereocenters. The minimum atomic E-state index is -0.363. The summed E-state index contributed by atoms with van der Waals surface area (Å²) < 4.78 is 4.76. The fraction of sp³-hybridized carbons (Fsp3) is 0.500. The molecule has 5 nitrogen and oxygen atoms in total. The molecule has 2 aromatic rings. The van der Waals surface area contributed by atoms with E-state index in [0.717, 1.165) is 35.3 Å². The molecule has 0 aliphatic heterocycles. The van der Waals surface area contributed by atoms with Gasteiger partial charge in [0.2, 0.25) is 0 Å². The number of nitrogens with one attached hydrogen (secondary N) is 1. The lowest BCUT2D eigenvalue weighted by Gasteiger charge is -2.06. The molecule has 100 valence electrons. The van der Waals surface area contributed by atoms with Crippen molar-refractivity contribution in [3.8, 4) is 0 Å². The minimum Gasteiger partial charge on any atom is -0.464 e. The van der Waals surface area contributed by atoms with E-state index >= 15 is 0 Å². The van der Waals surface area contributed by atoms with Crippen molar-refractivity contribution in [1.29, 1.82) is 0 Å². The molecule has 2 heterocycles. The SMILES string of the molecule is COC(=O)c1[nH]c2nc(C3CCCC3)ncc2c1C. The maximum atomic E-state index is 11.6. The summed E-state index contributed by atoms with van der Waals surface area (Å²) in [4.78, 5) is 23.7. The number of aromatic nitrogens is 3. The molecule has 0 aromatic carbocycles. The van der Waals surface area contributed by atoms with Crippen LogP contribution < -0.4 is 0 Å². The summed E-state index contributed by atoms with van der Waals surface area (Å²) >= 11 is 0. The summed E-state index contributed by atoms with van der Waals surface area (Å²) in [5, 5.41) is 0.891. The van der Waals surface area contributed by atoms with Gasteiger partial charge in [-0.25, -0.2) is 14.8 Å². The number of rotatable bonds is 2. The van der Waals surface area contributed by atoms with E-state index in [1.165, 1.54) is 20.0 Å². The number of esters is 1. The number of ether oxygens (including phenoxy) is 1. The molecule has 1 aliphatic rings. The Balaban J connectivity index is 2.05. The first-order valence-corrected chi connectivity index (χ1v) is 6.64. The summed E-state index contributed by atoms with van der Waals surface area (Å²) in [6.07, 6.45) is 6.64. The molecule has 19 heavy (non-hydrogen) atoms.